The zero-order valence-corrected chi connectivity index (χ0v) is 18.1. The van der Waals surface area contributed by atoms with Gasteiger partial charge in [-0.05, 0) is 29.7 Å². The number of carbonyl (C=O) groups excluding carboxylic acids is 1. The molecule has 8 heteroatoms. The fraction of sp³-hybridized carbons (Fsp3) is 0.333. The molecule has 0 bridgehead atoms. The maximum atomic E-state index is 12.5. The average Bonchev–Trinajstić information content (AvgIpc) is 3.15. The molecule has 0 radical (unpaired) electrons. The molecule has 2 aliphatic rings. The Morgan fingerprint density at radius 2 is 1.79 bits per heavy atom. The molecule has 29 heavy (non-hydrogen) atoms. The number of benzene rings is 2. The Balaban J connectivity index is 1.51. The number of hydrogen-bond acceptors (Lipinski definition) is 4. The summed E-state index contributed by atoms with van der Waals surface area (Å²) in [5, 5.41) is 1.20. The summed E-state index contributed by atoms with van der Waals surface area (Å²) >= 11 is 7.39. The van der Waals surface area contributed by atoms with Gasteiger partial charge >= 0.3 is 0 Å². The number of sulfone groups is 1. The Kier molecular flexibility index (Phi) is 5.99. The van der Waals surface area contributed by atoms with Gasteiger partial charge in [-0.2, -0.15) is 4.99 Å². The average molecular weight is 449 g/mol. The van der Waals surface area contributed by atoms with E-state index >= 15 is 0 Å². The van der Waals surface area contributed by atoms with E-state index < -0.39 is 9.84 Å². The van der Waals surface area contributed by atoms with Crippen molar-refractivity contribution in [3.05, 3.63) is 70.7 Å². The van der Waals surface area contributed by atoms with Crippen molar-refractivity contribution in [3.63, 3.8) is 0 Å². The van der Waals surface area contributed by atoms with Crippen LogP contribution in [0.15, 0.2) is 59.6 Å². The van der Waals surface area contributed by atoms with Gasteiger partial charge in [-0.3, -0.25) is 4.79 Å². The number of nitrogens with zero attached hydrogens (tertiary/aromatic N) is 2. The van der Waals surface area contributed by atoms with E-state index in [0.29, 0.717) is 29.6 Å². The van der Waals surface area contributed by atoms with E-state index in [2.05, 4.69) is 4.99 Å². The first-order valence-electron chi connectivity index (χ1n) is 9.43. The molecule has 0 aliphatic carbocycles. The van der Waals surface area contributed by atoms with Crippen molar-refractivity contribution < 1.29 is 13.2 Å². The number of carbonyl (C=O) groups is 1. The van der Waals surface area contributed by atoms with Crippen LogP contribution in [0.4, 0.5) is 0 Å². The Morgan fingerprint density at radius 3 is 2.52 bits per heavy atom. The fourth-order valence-corrected chi connectivity index (χ4v) is 7.76. The van der Waals surface area contributed by atoms with Crippen LogP contribution in [0, 0.1) is 0 Å². The molecular formula is C21H21ClN2O3S2. The number of thioether (sulfide) groups is 1. The van der Waals surface area contributed by atoms with Gasteiger partial charge < -0.3 is 4.90 Å². The van der Waals surface area contributed by atoms with Crippen LogP contribution in [-0.4, -0.2) is 47.2 Å². The summed E-state index contributed by atoms with van der Waals surface area (Å²) in [7, 11) is -3.06. The third kappa shape index (κ3) is 5.02. The molecule has 2 aliphatic heterocycles. The molecule has 2 atom stereocenters. The Bertz CT molecular complexity index is 1020. The second-order valence-corrected chi connectivity index (χ2v) is 11.1. The smallest absolute Gasteiger partial charge is 0.248 e. The van der Waals surface area contributed by atoms with Crippen LogP contribution < -0.4 is 0 Å². The molecule has 152 valence electrons. The van der Waals surface area contributed by atoms with Crippen molar-refractivity contribution in [1.82, 2.24) is 4.90 Å². The fourth-order valence-electron chi connectivity index (χ4n) is 3.67. The van der Waals surface area contributed by atoms with E-state index in [0.717, 1.165) is 11.1 Å². The van der Waals surface area contributed by atoms with E-state index in [1.165, 1.54) is 11.8 Å². The first kappa shape index (κ1) is 20.4. The zero-order chi connectivity index (χ0) is 20.4. The number of rotatable bonds is 5. The van der Waals surface area contributed by atoms with Gasteiger partial charge in [0.25, 0.3) is 0 Å². The quantitative estimate of drug-likeness (QED) is 0.699. The van der Waals surface area contributed by atoms with E-state index in [1.807, 2.05) is 59.5 Å². The predicted octanol–water partition coefficient (Wildman–Crippen LogP) is 3.57. The first-order valence-corrected chi connectivity index (χ1v) is 12.5. The van der Waals surface area contributed by atoms with Crippen molar-refractivity contribution in [1.29, 1.82) is 0 Å². The highest BCUT2D eigenvalue weighted by atomic mass is 35.5. The van der Waals surface area contributed by atoms with E-state index in [4.69, 9.17) is 11.6 Å². The standard InChI is InChI=1S/C21H21ClN2O3S2/c22-17-9-6-16(7-10-17)12-24-18-13-29(26,27)14-19(18)28-21(24)23-20(25)11-8-15-4-2-1-3-5-15/h1-7,9-10,18-19H,8,11-14H2. The first-order chi connectivity index (χ1) is 13.9. The summed E-state index contributed by atoms with van der Waals surface area (Å²) in [6, 6.07) is 17.1. The molecule has 2 saturated heterocycles. The van der Waals surface area contributed by atoms with Crippen molar-refractivity contribution in [2.24, 2.45) is 4.99 Å². The molecule has 0 N–H and O–H groups in total. The molecule has 5 nitrogen and oxygen atoms in total. The third-order valence-corrected chi connectivity index (χ3v) is 8.63. The van der Waals surface area contributed by atoms with Gasteiger partial charge in [-0.25, -0.2) is 8.42 Å². The largest absolute Gasteiger partial charge is 0.342 e. The number of aliphatic imine (C=N–C) groups is 1. The van der Waals surface area contributed by atoms with Gasteiger partial charge in [0.05, 0.1) is 17.5 Å². The highest BCUT2D eigenvalue weighted by molar-refractivity contribution is 8.15. The number of amidine groups is 1. The van der Waals surface area contributed by atoms with Gasteiger partial charge in [0.2, 0.25) is 5.91 Å². The molecule has 0 aromatic heterocycles. The molecule has 1 amide bonds. The van der Waals surface area contributed by atoms with Crippen molar-refractivity contribution >= 4 is 44.3 Å². The maximum absolute atomic E-state index is 12.5. The monoisotopic (exact) mass is 448 g/mol. The van der Waals surface area contributed by atoms with Gasteiger partial charge in [-0.1, -0.05) is 65.8 Å². The Hall–Kier alpha value is -1.83. The second-order valence-electron chi connectivity index (χ2n) is 7.33. The van der Waals surface area contributed by atoms with E-state index in [-0.39, 0.29) is 28.7 Å². The molecule has 2 aromatic carbocycles. The Labute approximate surface area is 180 Å². The number of fused-ring (bicyclic) bond motifs is 1. The van der Waals surface area contributed by atoms with Crippen LogP contribution in [0.1, 0.15) is 17.5 Å². The molecule has 0 spiro atoms. The molecule has 0 saturated carbocycles. The Morgan fingerprint density at radius 1 is 1.07 bits per heavy atom. The minimum atomic E-state index is -3.06. The summed E-state index contributed by atoms with van der Waals surface area (Å²) < 4.78 is 24.2. The highest BCUT2D eigenvalue weighted by Gasteiger charge is 2.48. The maximum Gasteiger partial charge on any atom is 0.248 e. The number of halogens is 1. The molecule has 2 heterocycles. The summed E-state index contributed by atoms with van der Waals surface area (Å²) in [6.45, 7) is 0.506. The molecule has 2 aromatic rings. The second kappa shape index (κ2) is 8.50. The van der Waals surface area contributed by atoms with Crippen LogP contribution >= 0.6 is 23.4 Å². The number of amides is 1. The van der Waals surface area contributed by atoms with Gasteiger partial charge in [0.1, 0.15) is 0 Å². The molecule has 2 fully saturated rings. The van der Waals surface area contributed by atoms with Crippen LogP contribution in [0.25, 0.3) is 0 Å². The predicted molar refractivity (Wildman–Crippen MR) is 118 cm³/mol. The summed E-state index contributed by atoms with van der Waals surface area (Å²) in [5.74, 6) is 0.0619. The number of hydrogen-bond donors (Lipinski definition) is 0. The van der Waals surface area contributed by atoms with Crippen LogP contribution in [0.2, 0.25) is 5.02 Å². The number of aryl methyl sites for hydroxylation is 1. The summed E-state index contributed by atoms with van der Waals surface area (Å²) in [4.78, 5) is 18.8. The molecule has 4 rings (SSSR count). The zero-order valence-electron chi connectivity index (χ0n) is 15.7. The topological polar surface area (TPSA) is 66.8 Å². The van der Waals surface area contributed by atoms with E-state index in [9.17, 15) is 13.2 Å². The third-order valence-electron chi connectivity index (χ3n) is 5.13. The SMILES string of the molecule is O=C(CCc1ccccc1)N=C1SC2CS(=O)(=O)CC2N1Cc1ccc(Cl)cc1. The minimum absolute atomic E-state index is 0.0760. The lowest BCUT2D eigenvalue weighted by Gasteiger charge is -2.24. The van der Waals surface area contributed by atoms with Gasteiger partial charge in [0, 0.05) is 23.2 Å². The lowest BCUT2D eigenvalue weighted by atomic mass is 10.1. The highest BCUT2D eigenvalue weighted by Crippen LogP contribution is 2.39. The van der Waals surface area contributed by atoms with Crippen LogP contribution in [-0.2, 0) is 27.6 Å². The van der Waals surface area contributed by atoms with Crippen LogP contribution in [0.3, 0.4) is 0 Å². The van der Waals surface area contributed by atoms with Gasteiger partial charge in [0.15, 0.2) is 15.0 Å². The van der Waals surface area contributed by atoms with E-state index in [1.54, 1.807) is 0 Å². The lowest BCUT2D eigenvalue weighted by molar-refractivity contribution is -0.117. The van der Waals surface area contributed by atoms with Crippen molar-refractivity contribution in [2.45, 2.75) is 30.7 Å². The summed E-state index contributed by atoms with van der Waals surface area (Å²) in [6.07, 6.45) is 0.968. The normalized spacial score (nSPS) is 24.0. The van der Waals surface area contributed by atoms with Crippen molar-refractivity contribution in [3.8, 4) is 0 Å². The van der Waals surface area contributed by atoms with Gasteiger partial charge in [-0.15, -0.1) is 0 Å². The lowest BCUT2D eigenvalue weighted by Crippen LogP contribution is -2.37. The molecular weight excluding hydrogens is 428 g/mol. The minimum Gasteiger partial charge on any atom is -0.342 e. The molecule has 2 unspecified atom stereocenters. The summed E-state index contributed by atoms with van der Waals surface area (Å²) in [5.41, 5.74) is 2.10. The van der Waals surface area contributed by atoms with Crippen molar-refractivity contribution in [2.75, 3.05) is 11.5 Å². The van der Waals surface area contributed by atoms with Crippen LogP contribution in [0.5, 0.6) is 0 Å².